The van der Waals surface area contributed by atoms with E-state index in [0.29, 0.717) is 13.1 Å². The summed E-state index contributed by atoms with van der Waals surface area (Å²) < 4.78 is 0. The van der Waals surface area contributed by atoms with E-state index in [1.807, 2.05) is 44.2 Å². The Morgan fingerprint density at radius 2 is 1.80 bits per heavy atom. The molecule has 0 aromatic heterocycles. The predicted octanol–water partition coefficient (Wildman–Crippen LogP) is 1.80. The van der Waals surface area contributed by atoms with Gasteiger partial charge in [-0.3, -0.25) is 9.59 Å². The first-order valence-electron chi connectivity index (χ1n) is 7.16. The van der Waals surface area contributed by atoms with E-state index in [0.717, 1.165) is 5.56 Å². The first-order valence-corrected chi connectivity index (χ1v) is 7.16. The SMILES string of the molecule is CC.CC(=O)[C@@H]1CN(C(=O)CN)C[C@H]1c1ccccc1. The van der Waals surface area contributed by atoms with E-state index in [1.165, 1.54) is 0 Å². The Hall–Kier alpha value is -1.68. The summed E-state index contributed by atoms with van der Waals surface area (Å²) in [6.45, 7) is 6.68. The number of ketones is 1. The van der Waals surface area contributed by atoms with E-state index in [9.17, 15) is 9.59 Å². The maximum Gasteiger partial charge on any atom is 0.236 e. The van der Waals surface area contributed by atoms with Gasteiger partial charge in [0.2, 0.25) is 5.91 Å². The fourth-order valence-corrected chi connectivity index (χ4v) is 2.59. The first kappa shape index (κ1) is 16.4. The molecule has 1 amide bonds. The van der Waals surface area contributed by atoms with Crippen molar-refractivity contribution in [2.24, 2.45) is 11.7 Å². The molecule has 2 N–H and O–H groups in total. The minimum atomic E-state index is -0.108. The highest BCUT2D eigenvalue weighted by molar-refractivity contribution is 5.83. The second-order valence-electron chi connectivity index (χ2n) is 4.74. The van der Waals surface area contributed by atoms with Crippen LogP contribution in [-0.2, 0) is 9.59 Å². The summed E-state index contributed by atoms with van der Waals surface area (Å²) in [7, 11) is 0. The normalized spacial score (nSPS) is 21.1. The molecule has 0 unspecified atom stereocenters. The number of benzene rings is 1. The molecule has 20 heavy (non-hydrogen) atoms. The molecule has 2 atom stereocenters. The van der Waals surface area contributed by atoms with E-state index in [2.05, 4.69) is 0 Å². The van der Waals surface area contributed by atoms with Crippen LogP contribution in [0, 0.1) is 5.92 Å². The zero-order valence-corrected chi connectivity index (χ0v) is 12.5. The van der Waals surface area contributed by atoms with Crippen LogP contribution in [0.5, 0.6) is 0 Å². The number of amides is 1. The quantitative estimate of drug-likeness (QED) is 0.915. The lowest BCUT2D eigenvalue weighted by atomic mass is 9.87. The van der Waals surface area contributed by atoms with Gasteiger partial charge in [0.25, 0.3) is 0 Å². The molecule has 110 valence electrons. The average Bonchev–Trinajstić information content (AvgIpc) is 2.95. The lowest BCUT2D eigenvalue weighted by molar-refractivity contribution is -0.129. The first-order chi connectivity index (χ1) is 9.63. The van der Waals surface area contributed by atoms with Crippen molar-refractivity contribution in [2.45, 2.75) is 26.7 Å². The second kappa shape index (κ2) is 7.80. The number of carbonyl (C=O) groups excluding carboxylic acids is 2. The summed E-state index contributed by atoms with van der Waals surface area (Å²) in [5.41, 5.74) is 6.50. The molecular formula is C16H24N2O2. The molecule has 0 aliphatic carbocycles. The molecule has 0 radical (unpaired) electrons. The summed E-state index contributed by atoms with van der Waals surface area (Å²) in [5, 5.41) is 0. The Labute approximate surface area is 121 Å². The molecule has 0 saturated carbocycles. The van der Waals surface area contributed by atoms with Gasteiger partial charge in [-0.2, -0.15) is 0 Å². The van der Waals surface area contributed by atoms with E-state index in [4.69, 9.17) is 5.73 Å². The number of nitrogens with zero attached hydrogens (tertiary/aromatic N) is 1. The number of hydrogen-bond donors (Lipinski definition) is 1. The van der Waals surface area contributed by atoms with Crippen LogP contribution in [0.1, 0.15) is 32.3 Å². The van der Waals surface area contributed by atoms with Crippen LogP contribution in [-0.4, -0.2) is 36.2 Å². The minimum Gasteiger partial charge on any atom is -0.340 e. The molecule has 0 spiro atoms. The zero-order valence-electron chi connectivity index (χ0n) is 12.5. The van der Waals surface area contributed by atoms with Gasteiger partial charge in [0.1, 0.15) is 5.78 Å². The Balaban J connectivity index is 0.000000956. The van der Waals surface area contributed by atoms with E-state index in [-0.39, 0.29) is 30.1 Å². The predicted molar refractivity (Wildman–Crippen MR) is 80.3 cm³/mol. The average molecular weight is 276 g/mol. The molecular weight excluding hydrogens is 252 g/mol. The van der Waals surface area contributed by atoms with Crippen molar-refractivity contribution >= 4 is 11.7 Å². The second-order valence-corrected chi connectivity index (χ2v) is 4.74. The summed E-state index contributed by atoms with van der Waals surface area (Å²) in [6.07, 6.45) is 0. The minimum absolute atomic E-state index is 0.00609. The number of rotatable bonds is 3. The van der Waals surface area contributed by atoms with Crippen LogP contribution in [0.4, 0.5) is 0 Å². The van der Waals surface area contributed by atoms with Gasteiger partial charge in [0, 0.05) is 24.9 Å². The van der Waals surface area contributed by atoms with Gasteiger partial charge in [-0.1, -0.05) is 44.2 Å². The smallest absolute Gasteiger partial charge is 0.236 e. The van der Waals surface area contributed by atoms with Gasteiger partial charge in [-0.15, -0.1) is 0 Å². The van der Waals surface area contributed by atoms with Crippen molar-refractivity contribution in [1.29, 1.82) is 0 Å². The molecule has 1 aromatic rings. The highest BCUT2D eigenvalue weighted by atomic mass is 16.2. The Kier molecular flexibility index (Phi) is 6.39. The van der Waals surface area contributed by atoms with Crippen LogP contribution < -0.4 is 5.73 Å². The number of carbonyl (C=O) groups is 2. The van der Waals surface area contributed by atoms with Crippen LogP contribution in [0.2, 0.25) is 0 Å². The van der Waals surface area contributed by atoms with Crippen molar-refractivity contribution in [1.82, 2.24) is 4.90 Å². The Bertz CT molecular complexity index is 445. The largest absolute Gasteiger partial charge is 0.340 e. The molecule has 1 aliphatic heterocycles. The molecule has 1 heterocycles. The van der Waals surface area contributed by atoms with Gasteiger partial charge in [-0.25, -0.2) is 0 Å². The molecule has 1 fully saturated rings. The number of Topliss-reactive ketones (excluding diaryl/α,β-unsaturated/α-hetero) is 1. The Morgan fingerprint density at radius 3 is 2.30 bits per heavy atom. The van der Waals surface area contributed by atoms with Crippen molar-refractivity contribution in [2.75, 3.05) is 19.6 Å². The van der Waals surface area contributed by atoms with Crippen molar-refractivity contribution in [3.05, 3.63) is 35.9 Å². The van der Waals surface area contributed by atoms with Crippen LogP contribution in [0.15, 0.2) is 30.3 Å². The van der Waals surface area contributed by atoms with Gasteiger partial charge in [0.05, 0.1) is 6.54 Å². The molecule has 4 nitrogen and oxygen atoms in total. The van der Waals surface area contributed by atoms with E-state index < -0.39 is 0 Å². The molecule has 2 rings (SSSR count). The fourth-order valence-electron chi connectivity index (χ4n) is 2.59. The molecule has 1 aliphatic rings. The standard InChI is InChI=1S/C14H18N2O2.C2H6/c1-10(17)12-8-16(14(18)7-15)9-13(12)11-5-3-2-4-6-11;1-2/h2-6,12-13H,7-9,15H2,1H3;1-2H3/t12-,13-;/m0./s1. The maximum absolute atomic E-state index is 11.7. The zero-order chi connectivity index (χ0) is 15.1. The molecule has 4 heteroatoms. The monoisotopic (exact) mass is 276 g/mol. The molecule has 1 saturated heterocycles. The van der Waals surface area contributed by atoms with Gasteiger partial charge >= 0.3 is 0 Å². The molecule has 1 aromatic carbocycles. The fraction of sp³-hybridized carbons (Fsp3) is 0.500. The number of hydrogen-bond acceptors (Lipinski definition) is 3. The summed E-state index contributed by atoms with van der Waals surface area (Å²) in [4.78, 5) is 25.1. The summed E-state index contributed by atoms with van der Waals surface area (Å²) >= 11 is 0. The number of nitrogens with two attached hydrogens (primary N) is 1. The topological polar surface area (TPSA) is 63.4 Å². The van der Waals surface area contributed by atoms with Crippen LogP contribution >= 0.6 is 0 Å². The maximum atomic E-state index is 11.7. The number of likely N-dealkylation sites (tertiary alicyclic amines) is 1. The Morgan fingerprint density at radius 1 is 1.20 bits per heavy atom. The third kappa shape index (κ3) is 3.67. The van der Waals surface area contributed by atoms with E-state index >= 15 is 0 Å². The lowest BCUT2D eigenvalue weighted by Crippen LogP contribution is -2.34. The van der Waals surface area contributed by atoms with Crippen molar-refractivity contribution in [3.63, 3.8) is 0 Å². The third-order valence-corrected chi connectivity index (χ3v) is 3.60. The van der Waals surface area contributed by atoms with Gasteiger partial charge in [-0.05, 0) is 12.5 Å². The third-order valence-electron chi connectivity index (χ3n) is 3.60. The van der Waals surface area contributed by atoms with Crippen LogP contribution in [0.25, 0.3) is 0 Å². The summed E-state index contributed by atoms with van der Waals surface area (Å²) in [6, 6.07) is 9.89. The van der Waals surface area contributed by atoms with Crippen molar-refractivity contribution in [3.8, 4) is 0 Å². The lowest BCUT2D eigenvalue weighted by Gasteiger charge is -2.15. The highest BCUT2D eigenvalue weighted by Crippen LogP contribution is 2.33. The highest BCUT2D eigenvalue weighted by Gasteiger charge is 2.38. The van der Waals surface area contributed by atoms with E-state index in [1.54, 1.807) is 11.8 Å². The van der Waals surface area contributed by atoms with Gasteiger partial charge < -0.3 is 10.6 Å². The van der Waals surface area contributed by atoms with Gasteiger partial charge in [0.15, 0.2) is 0 Å². The molecule has 0 bridgehead atoms. The summed E-state index contributed by atoms with van der Waals surface area (Å²) in [5.74, 6) is 0.0398. The van der Waals surface area contributed by atoms with Crippen LogP contribution in [0.3, 0.4) is 0 Å². The van der Waals surface area contributed by atoms with Crippen molar-refractivity contribution < 1.29 is 9.59 Å².